The zero-order valence-corrected chi connectivity index (χ0v) is 12.3. The number of hydrogen-bond acceptors (Lipinski definition) is 2. The van der Waals surface area contributed by atoms with Crippen molar-refractivity contribution in [2.24, 2.45) is 17.6 Å². The summed E-state index contributed by atoms with van der Waals surface area (Å²) in [5, 5.41) is 3.00. The van der Waals surface area contributed by atoms with Crippen LogP contribution in [0.1, 0.15) is 39.2 Å². The maximum Gasteiger partial charge on any atom is 0.224 e. The standard InChI is InChI=1S/C16H26N2O/c1-4-14-7-5-6-8-15(14)18-16(19)10-13(11-17)9-12(2)3/h5-8,12-13H,4,9-11,17H2,1-3H3,(H,18,19)/t13-/m0/s1. The molecule has 0 aromatic heterocycles. The fourth-order valence-corrected chi connectivity index (χ4v) is 2.34. The molecule has 3 heteroatoms. The van der Waals surface area contributed by atoms with E-state index in [0.717, 1.165) is 18.5 Å². The Morgan fingerprint density at radius 3 is 2.58 bits per heavy atom. The van der Waals surface area contributed by atoms with Crippen LogP contribution in [0.5, 0.6) is 0 Å². The number of rotatable bonds is 7. The van der Waals surface area contributed by atoms with Crippen molar-refractivity contribution in [2.75, 3.05) is 11.9 Å². The molecule has 0 spiro atoms. The lowest BCUT2D eigenvalue weighted by atomic mass is 9.94. The Kier molecular flexibility index (Phi) is 6.57. The predicted molar refractivity (Wildman–Crippen MR) is 81.1 cm³/mol. The van der Waals surface area contributed by atoms with E-state index in [1.807, 2.05) is 24.3 Å². The number of hydrogen-bond donors (Lipinski definition) is 2. The summed E-state index contributed by atoms with van der Waals surface area (Å²) in [6.07, 6.45) is 2.43. The molecule has 0 radical (unpaired) electrons. The number of carbonyl (C=O) groups is 1. The number of para-hydroxylation sites is 1. The van der Waals surface area contributed by atoms with E-state index in [-0.39, 0.29) is 11.8 Å². The largest absolute Gasteiger partial charge is 0.330 e. The highest BCUT2D eigenvalue weighted by Crippen LogP contribution is 2.18. The molecule has 106 valence electrons. The third-order valence-corrected chi connectivity index (χ3v) is 3.28. The molecule has 0 saturated carbocycles. The zero-order valence-electron chi connectivity index (χ0n) is 12.3. The predicted octanol–water partition coefficient (Wildman–Crippen LogP) is 3.20. The first-order valence-corrected chi connectivity index (χ1v) is 7.14. The smallest absolute Gasteiger partial charge is 0.224 e. The zero-order chi connectivity index (χ0) is 14.3. The molecule has 1 atom stereocenters. The molecule has 1 aromatic carbocycles. The van der Waals surface area contributed by atoms with Gasteiger partial charge in [-0.2, -0.15) is 0 Å². The van der Waals surface area contributed by atoms with Crippen molar-refractivity contribution in [1.29, 1.82) is 0 Å². The minimum Gasteiger partial charge on any atom is -0.330 e. The van der Waals surface area contributed by atoms with Gasteiger partial charge < -0.3 is 11.1 Å². The third kappa shape index (κ3) is 5.43. The minimum atomic E-state index is 0.0667. The Labute approximate surface area is 116 Å². The Hall–Kier alpha value is -1.35. The van der Waals surface area contributed by atoms with Crippen molar-refractivity contribution in [1.82, 2.24) is 0 Å². The van der Waals surface area contributed by atoms with E-state index in [9.17, 15) is 4.79 Å². The van der Waals surface area contributed by atoms with E-state index in [1.54, 1.807) is 0 Å². The molecular weight excluding hydrogens is 236 g/mol. The van der Waals surface area contributed by atoms with E-state index in [2.05, 4.69) is 26.1 Å². The lowest BCUT2D eigenvalue weighted by Gasteiger charge is -2.17. The van der Waals surface area contributed by atoms with Gasteiger partial charge in [-0.15, -0.1) is 0 Å². The van der Waals surface area contributed by atoms with E-state index < -0.39 is 0 Å². The molecule has 0 saturated heterocycles. The SMILES string of the molecule is CCc1ccccc1NC(=O)C[C@@H](CN)CC(C)C. The molecular formula is C16H26N2O. The number of carbonyl (C=O) groups excluding carboxylic acids is 1. The number of aryl methyl sites for hydroxylation is 1. The quantitative estimate of drug-likeness (QED) is 0.793. The molecule has 0 aliphatic rings. The van der Waals surface area contributed by atoms with Crippen LogP contribution in [-0.4, -0.2) is 12.5 Å². The molecule has 1 aromatic rings. The van der Waals surface area contributed by atoms with Gasteiger partial charge in [0, 0.05) is 12.1 Å². The highest BCUT2D eigenvalue weighted by molar-refractivity contribution is 5.91. The first-order valence-electron chi connectivity index (χ1n) is 7.14. The monoisotopic (exact) mass is 262 g/mol. The number of anilines is 1. The molecule has 0 bridgehead atoms. The van der Waals surface area contributed by atoms with Gasteiger partial charge in [0.15, 0.2) is 0 Å². The van der Waals surface area contributed by atoms with Crippen LogP contribution in [0.2, 0.25) is 0 Å². The normalized spacial score (nSPS) is 12.5. The minimum absolute atomic E-state index is 0.0667. The van der Waals surface area contributed by atoms with Crippen LogP contribution >= 0.6 is 0 Å². The number of nitrogens with two attached hydrogens (primary N) is 1. The van der Waals surface area contributed by atoms with Crippen molar-refractivity contribution < 1.29 is 4.79 Å². The lowest BCUT2D eigenvalue weighted by Crippen LogP contribution is -2.23. The Morgan fingerprint density at radius 1 is 1.32 bits per heavy atom. The average molecular weight is 262 g/mol. The third-order valence-electron chi connectivity index (χ3n) is 3.28. The maximum absolute atomic E-state index is 12.1. The van der Waals surface area contributed by atoms with Crippen LogP contribution < -0.4 is 11.1 Å². The van der Waals surface area contributed by atoms with Crippen molar-refractivity contribution >= 4 is 11.6 Å². The van der Waals surface area contributed by atoms with Crippen LogP contribution in [0.15, 0.2) is 24.3 Å². The van der Waals surface area contributed by atoms with Crippen molar-refractivity contribution in [3.8, 4) is 0 Å². The molecule has 0 heterocycles. The van der Waals surface area contributed by atoms with Gasteiger partial charge in [0.25, 0.3) is 0 Å². The van der Waals surface area contributed by atoms with Crippen molar-refractivity contribution in [3.63, 3.8) is 0 Å². The van der Waals surface area contributed by atoms with E-state index in [1.165, 1.54) is 5.56 Å². The van der Waals surface area contributed by atoms with Gasteiger partial charge in [-0.3, -0.25) is 4.79 Å². The Morgan fingerprint density at radius 2 is 2.00 bits per heavy atom. The highest BCUT2D eigenvalue weighted by Gasteiger charge is 2.14. The maximum atomic E-state index is 12.1. The average Bonchev–Trinajstić information content (AvgIpc) is 2.38. The Balaban J connectivity index is 2.59. The van der Waals surface area contributed by atoms with Crippen LogP contribution in [0, 0.1) is 11.8 Å². The molecule has 3 nitrogen and oxygen atoms in total. The van der Waals surface area contributed by atoms with E-state index >= 15 is 0 Å². The van der Waals surface area contributed by atoms with Gasteiger partial charge in [0.1, 0.15) is 0 Å². The van der Waals surface area contributed by atoms with Gasteiger partial charge in [-0.25, -0.2) is 0 Å². The summed E-state index contributed by atoms with van der Waals surface area (Å²) in [6.45, 7) is 6.98. The summed E-state index contributed by atoms with van der Waals surface area (Å²) < 4.78 is 0. The molecule has 19 heavy (non-hydrogen) atoms. The Bertz CT molecular complexity index is 401. The summed E-state index contributed by atoms with van der Waals surface area (Å²) in [7, 11) is 0. The van der Waals surface area contributed by atoms with Crippen LogP contribution in [0.4, 0.5) is 5.69 Å². The van der Waals surface area contributed by atoms with Gasteiger partial charge in [0.05, 0.1) is 0 Å². The molecule has 0 unspecified atom stereocenters. The van der Waals surface area contributed by atoms with Crippen LogP contribution in [0.3, 0.4) is 0 Å². The molecule has 0 aliphatic heterocycles. The van der Waals surface area contributed by atoms with Crippen LogP contribution in [-0.2, 0) is 11.2 Å². The summed E-state index contributed by atoms with van der Waals surface area (Å²) in [6, 6.07) is 7.94. The number of benzene rings is 1. The van der Waals surface area contributed by atoms with Crippen molar-refractivity contribution in [2.45, 2.75) is 40.0 Å². The van der Waals surface area contributed by atoms with Gasteiger partial charge in [-0.1, -0.05) is 39.0 Å². The number of nitrogens with one attached hydrogen (secondary N) is 1. The lowest BCUT2D eigenvalue weighted by molar-refractivity contribution is -0.117. The highest BCUT2D eigenvalue weighted by atomic mass is 16.1. The molecule has 0 aliphatic carbocycles. The molecule has 0 fully saturated rings. The number of amides is 1. The molecule has 3 N–H and O–H groups in total. The summed E-state index contributed by atoms with van der Waals surface area (Å²) >= 11 is 0. The summed E-state index contributed by atoms with van der Waals surface area (Å²) in [4.78, 5) is 12.1. The van der Waals surface area contributed by atoms with Crippen molar-refractivity contribution in [3.05, 3.63) is 29.8 Å². The van der Waals surface area contributed by atoms with Gasteiger partial charge in [0.2, 0.25) is 5.91 Å². The van der Waals surface area contributed by atoms with E-state index in [4.69, 9.17) is 5.73 Å². The van der Waals surface area contributed by atoms with Gasteiger partial charge >= 0.3 is 0 Å². The summed E-state index contributed by atoms with van der Waals surface area (Å²) in [5.41, 5.74) is 7.84. The fraction of sp³-hybridized carbons (Fsp3) is 0.562. The second-order valence-corrected chi connectivity index (χ2v) is 5.49. The van der Waals surface area contributed by atoms with Crippen LogP contribution in [0.25, 0.3) is 0 Å². The van der Waals surface area contributed by atoms with Gasteiger partial charge in [-0.05, 0) is 42.9 Å². The first kappa shape index (κ1) is 15.7. The molecule has 1 amide bonds. The summed E-state index contributed by atoms with van der Waals surface area (Å²) in [5.74, 6) is 0.912. The second kappa shape index (κ2) is 7.95. The fourth-order valence-electron chi connectivity index (χ4n) is 2.34. The van der Waals surface area contributed by atoms with E-state index in [0.29, 0.717) is 18.9 Å². The second-order valence-electron chi connectivity index (χ2n) is 5.49. The molecule has 1 rings (SSSR count). The topological polar surface area (TPSA) is 55.1 Å². The first-order chi connectivity index (χ1) is 9.06.